The van der Waals surface area contributed by atoms with Crippen LogP contribution in [0.5, 0.6) is 0 Å². The molecule has 0 radical (unpaired) electrons. The number of thiazole rings is 1. The van der Waals surface area contributed by atoms with E-state index in [1.165, 1.54) is 47.7 Å². The van der Waals surface area contributed by atoms with Gasteiger partial charge in [-0.05, 0) is 19.3 Å². The molecule has 0 spiro atoms. The molecular weight excluding hydrogens is 252 g/mol. The molecule has 0 unspecified atom stereocenters. The first-order valence-electron chi connectivity index (χ1n) is 7.73. The summed E-state index contributed by atoms with van der Waals surface area (Å²) in [5, 5.41) is 5.02. The first-order chi connectivity index (χ1) is 9.00. The van der Waals surface area contributed by atoms with Crippen LogP contribution >= 0.6 is 11.3 Å². The van der Waals surface area contributed by atoms with E-state index >= 15 is 0 Å². The molecule has 1 saturated carbocycles. The summed E-state index contributed by atoms with van der Waals surface area (Å²) in [6, 6.07) is 0.745. The summed E-state index contributed by atoms with van der Waals surface area (Å²) in [5.74, 6) is 0. The summed E-state index contributed by atoms with van der Waals surface area (Å²) in [7, 11) is 0. The van der Waals surface area contributed by atoms with Crippen molar-refractivity contribution in [3.63, 3.8) is 0 Å². The molecular formula is C16H28N2S. The molecule has 1 aliphatic carbocycles. The van der Waals surface area contributed by atoms with Crippen LogP contribution in [0.3, 0.4) is 0 Å². The summed E-state index contributed by atoms with van der Waals surface area (Å²) < 4.78 is 0. The van der Waals surface area contributed by atoms with Gasteiger partial charge in [0, 0.05) is 22.9 Å². The van der Waals surface area contributed by atoms with Gasteiger partial charge in [-0.3, -0.25) is 0 Å². The van der Waals surface area contributed by atoms with E-state index in [2.05, 4.69) is 33.0 Å². The van der Waals surface area contributed by atoms with Crippen molar-refractivity contribution in [2.75, 3.05) is 0 Å². The van der Waals surface area contributed by atoms with Crippen molar-refractivity contribution >= 4 is 11.3 Å². The molecule has 0 saturated heterocycles. The zero-order chi connectivity index (χ0) is 13.9. The number of aryl methyl sites for hydroxylation is 1. The standard InChI is InChI=1S/C16H28N2S/c1-5-8-13-14(11-17-12-9-6-7-10-12)19-15(18-13)16(2,3)4/h12,17H,5-11H2,1-4H3. The monoisotopic (exact) mass is 280 g/mol. The lowest BCUT2D eigenvalue weighted by atomic mass is 9.98. The number of nitrogens with one attached hydrogen (secondary N) is 1. The lowest BCUT2D eigenvalue weighted by molar-refractivity contribution is 0.525. The van der Waals surface area contributed by atoms with Crippen LogP contribution in [0.15, 0.2) is 0 Å². The second kappa shape index (κ2) is 6.36. The van der Waals surface area contributed by atoms with Gasteiger partial charge in [-0.15, -0.1) is 11.3 Å². The van der Waals surface area contributed by atoms with Crippen LogP contribution in [0.25, 0.3) is 0 Å². The lowest BCUT2D eigenvalue weighted by Gasteiger charge is -2.13. The zero-order valence-electron chi connectivity index (χ0n) is 12.9. The molecule has 108 valence electrons. The van der Waals surface area contributed by atoms with Gasteiger partial charge in [0.05, 0.1) is 10.7 Å². The van der Waals surface area contributed by atoms with Crippen molar-refractivity contribution in [3.05, 3.63) is 15.6 Å². The molecule has 1 N–H and O–H groups in total. The van der Waals surface area contributed by atoms with Gasteiger partial charge in [-0.2, -0.15) is 0 Å². The maximum atomic E-state index is 4.89. The Morgan fingerprint density at radius 2 is 1.95 bits per heavy atom. The van der Waals surface area contributed by atoms with E-state index in [1.54, 1.807) is 0 Å². The zero-order valence-corrected chi connectivity index (χ0v) is 13.7. The Bertz CT molecular complexity index is 397. The second-order valence-electron chi connectivity index (χ2n) is 6.75. The van der Waals surface area contributed by atoms with Crippen LogP contribution in [-0.2, 0) is 18.4 Å². The van der Waals surface area contributed by atoms with Gasteiger partial charge in [0.25, 0.3) is 0 Å². The number of aromatic nitrogens is 1. The number of nitrogens with zero attached hydrogens (tertiary/aromatic N) is 1. The molecule has 3 heteroatoms. The molecule has 0 atom stereocenters. The Labute approximate surface area is 122 Å². The van der Waals surface area contributed by atoms with Gasteiger partial charge in [0.2, 0.25) is 0 Å². The number of rotatable bonds is 5. The molecule has 2 rings (SSSR count). The molecule has 1 heterocycles. The second-order valence-corrected chi connectivity index (χ2v) is 7.83. The van der Waals surface area contributed by atoms with Gasteiger partial charge in [-0.1, -0.05) is 47.0 Å². The first kappa shape index (κ1) is 15.0. The van der Waals surface area contributed by atoms with Gasteiger partial charge in [-0.25, -0.2) is 4.98 Å². The fourth-order valence-electron chi connectivity index (χ4n) is 2.64. The predicted octanol–water partition coefficient (Wildman–Crippen LogP) is 4.43. The van der Waals surface area contributed by atoms with Gasteiger partial charge >= 0.3 is 0 Å². The van der Waals surface area contributed by atoms with Crippen LogP contribution < -0.4 is 5.32 Å². The summed E-state index contributed by atoms with van der Waals surface area (Å²) in [4.78, 5) is 6.37. The topological polar surface area (TPSA) is 24.9 Å². The van der Waals surface area contributed by atoms with Gasteiger partial charge < -0.3 is 5.32 Å². The highest BCUT2D eigenvalue weighted by Crippen LogP contribution is 2.30. The van der Waals surface area contributed by atoms with Crippen molar-refractivity contribution < 1.29 is 0 Å². The summed E-state index contributed by atoms with van der Waals surface area (Å²) in [6.45, 7) is 10.0. The predicted molar refractivity (Wildman–Crippen MR) is 83.9 cm³/mol. The first-order valence-corrected chi connectivity index (χ1v) is 8.54. The van der Waals surface area contributed by atoms with Crippen molar-refractivity contribution in [1.29, 1.82) is 0 Å². The summed E-state index contributed by atoms with van der Waals surface area (Å²) in [6.07, 6.45) is 7.81. The maximum Gasteiger partial charge on any atom is 0.0985 e. The molecule has 0 amide bonds. The normalized spacial score (nSPS) is 17.3. The smallest absolute Gasteiger partial charge is 0.0985 e. The molecule has 1 aromatic heterocycles. The van der Waals surface area contributed by atoms with Crippen molar-refractivity contribution in [3.8, 4) is 0 Å². The molecule has 19 heavy (non-hydrogen) atoms. The molecule has 1 aromatic rings. The van der Waals surface area contributed by atoms with Crippen LogP contribution in [0, 0.1) is 0 Å². The Balaban J connectivity index is 2.06. The van der Waals surface area contributed by atoms with E-state index in [4.69, 9.17) is 4.98 Å². The van der Waals surface area contributed by atoms with E-state index in [-0.39, 0.29) is 5.41 Å². The lowest BCUT2D eigenvalue weighted by Crippen LogP contribution is -2.25. The van der Waals surface area contributed by atoms with Crippen molar-refractivity contribution in [2.24, 2.45) is 0 Å². The van der Waals surface area contributed by atoms with Gasteiger partial charge in [0.1, 0.15) is 0 Å². The summed E-state index contributed by atoms with van der Waals surface area (Å²) in [5.41, 5.74) is 1.52. The SMILES string of the molecule is CCCc1nc(C(C)(C)C)sc1CNC1CCCC1. The van der Waals surface area contributed by atoms with E-state index in [0.717, 1.165) is 19.0 Å². The Hall–Kier alpha value is -0.410. The molecule has 0 aliphatic heterocycles. The fraction of sp³-hybridized carbons (Fsp3) is 0.812. The van der Waals surface area contributed by atoms with E-state index in [1.807, 2.05) is 11.3 Å². The third-order valence-electron chi connectivity index (χ3n) is 3.81. The van der Waals surface area contributed by atoms with Crippen LogP contribution in [0.2, 0.25) is 0 Å². The van der Waals surface area contributed by atoms with E-state index in [9.17, 15) is 0 Å². The molecule has 2 nitrogen and oxygen atoms in total. The Morgan fingerprint density at radius 3 is 2.53 bits per heavy atom. The minimum atomic E-state index is 0.179. The highest BCUT2D eigenvalue weighted by atomic mass is 32.1. The molecule has 1 fully saturated rings. The minimum Gasteiger partial charge on any atom is -0.309 e. The molecule has 0 aromatic carbocycles. The fourth-order valence-corrected chi connectivity index (χ4v) is 3.76. The Kier molecular flexibility index (Phi) is 5.02. The van der Waals surface area contributed by atoms with Crippen LogP contribution in [-0.4, -0.2) is 11.0 Å². The van der Waals surface area contributed by atoms with Gasteiger partial charge in [0.15, 0.2) is 0 Å². The Morgan fingerprint density at radius 1 is 1.26 bits per heavy atom. The van der Waals surface area contributed by atoms with Crippen LogP contribution in [0.4, 0.5) is 0 Å². The van der Waals surface area contributed by atoms with Crippen molar-refractivity contribution in [1.82, 2.24) is 10.3 Å². The number of hydrogen-bond donors (Lipinski definition) is 1. The van der Waals surface area contributed by atoms with Crippen molar-refractivity contribution in [2.45, 2.75) is 84.2 Å². The van der Waals surface area contributed by atoms with E-state index in [0.29, 0.717) is 0 Å². The molecule has 1 aliphatic rings. The third kappa shape index (κ3) is 4.03. The largest absolute Gasteiger partial charge is 0.309 e. The quantitative estimate of drug-likeness (QED) is 0.863. The highest BCUT2D eigenvalue weighted by Gasteiger charge is 2.22. The summed E-state index contributed by atoms with van der Waals surface area (Å²) >= 11 is 1.92. The van der Waals surface area contributed by atoms with E-state index < -0.39 is 0 Å². The molecule has 0 bridgehead atoms. The average Bonchev–Trinajstić information content (AvgIpc) is 2.94. The number of hydrogen-bond acceptors (Lipinski definition) is 3. The third-order valence-corrected chi connectivity index (χ3v) is 5.34. The minimum absolute atomic E-state index is 0.179. The highest BCUT2D eigenvalue weighted by molar-refractivity contribution is 7.11. The average molecular weight is 280 g/mol. The van der Waals surface area contributed by atoms with Crippen LogP contribution in [0.1, 0.15) is 75.4 Å². The maximum absolute atomic E-state index is 4.89.